The Labute approximate surface area is 93.7 Å². The molecule has 0 spiro atoms. The standard InChI is InChI=1S/C12H25N3/c1-9-8-15(5)7-6-10(9)14-11(13)12(2,3)4/h9-10H,6-8H2,1-5H3,(H2,13,14). The number of aliphatic imine (C=N–C) groups is 1. The Morgan fingerprint density at radius 1 is 1.40 bits per heavy atom. The van der Waals surface area contributed by atoms with Crippen molar-refractivity contribution in [1.82, 2.24) is 4.90 Å². The van der Waals surface area contributed by atoms with Crippen molar-refractivity contribution < 1.29 is 0 Å². The summed E-state index contributed by atoms with van der Waals surface area (Å²) in [7, 11) is 2.17. The predicted molar refractivity (Wildman–Crippen MR) is 66.1 cm³/mol. The first-order valence-electron chi connectivity index (χ1n) is 5.83. The summed E-state index contributed by atoms with van der Waals surface area (Å²) in [4.78, 5) is 7.06. The smallest absolute Gasteiger partial charge is 0.0994 e. The van der Waals surface area contributed by atoms with E-state index >= 15 is 0 Å². The Balaban J connectivity index is 2.66. The van der Waals surface area contributed by atoms with E-state index in [0.29, 0.717) is 12.0 Å². The molecule has 0 bridgehead atoms. The third kappa shape index (κ3) is 3.49. The summed E-state index contributed by atoms with van der Waals surface area (Å²) in [6.45, 7) is 10.9. The first kappa shape index (κ1) is 12.5. The lowest BCUT2D eigenvalue weighted by Crippen LogP contribution is -2.41. The summed E-state index contributed by atoms with van der Waals surface area (Å²) >= 11 is 0. The van der Waals surface area contributed by atoms with Gasteiger partial charge < -0.3 is 10.6 Å². The molecule has 1 aliphatic heterocycles. The van der Waals surface area contributed by atoms with Crippen LogP contribution in [0.1, 0.15) is 34.1 Å². The van der Waals surface area contributed by atoms with Gasteiger partial charge in [-0.25, -0.2) is 0 Å². The van der Waals surface area contributed by atoms with E-state index in [9.17, 15) is 0 Å². The van der Waals surface area contributed by atoms with Crippen molar-refractivity contribution in [2.24, 2.45) is 22.1 Å². The zero-order valence-corrected chi connectivity index (χ0v) is 10.7. The van der Waals surface area contributed by atoms with Gasteiger partial charge in [0.05, 0.1) is 11.9 Å². The molecule has 1 saturated heterocycles. The number of hydrogen-bond donors (Lipinski definition) is 1. The van der Waals surface area contributed by atoms with Crippen LogP contribution in [0.3, 0.4) is 0 Å². The van der Waals surface area contributed by atoms with Gasteiger partial charge in [-0.2, -0.15) is 0 Å². The Morgan fingerprint density at radius 2 is 2.00 bits per heavy atom. The fourth-order valence-corrected chi connectivity index (χ4v) is 1.91. The van der Waals surface area contributed by atoms with Crippen molar-refractivity contribution >= 4 is 5.84 Å². The topological polar surface area (TPSA) is 41.6 Å². The summed E-state index contributed by atoms with van der Waals surface area (Å²) in [6.07, 6.45) is 1.13. The molecule has 3 nitrogen and oxygen atoms in total. The maximum atomic E-state index is 6.01. The third-order valence-electron chi connectivity index (χ3n) is 3.14. The quantitative estimate of drug-likeness (QED) is 0.530. The van der Waals surface area contributed by atoms with Crippen molar-refractivity contribution in [1.29, 1.82) is 0 Å². The Hall–Kier alpha value is -0.570. The molecule has 1 rings (SSSR count). The largest absolute Gasteiger partial charge is 0.387 e. The molecule has 1 fully saturated rings. The SMILES string of the molecule is CC1CN(C)CCC1N=C(N)C(C)(C)C. The van der Waals surface area contributed by atoms with E-state index in [4.69, 9.17) is 10.7 Å². The molecule has 0 aromatic carbocycles. The molecule has 2 N–H and O–H groups in total. The number of amidine groups is 1. The highest BCUT2D eigenvalue weighted by atomic mass is 15.1. The van der Waals surface area contributed by atoms with Crippen LogP contribution in [0.5, 0.6) is 0 Å². The van der Waals surface area contributed by atoms with Crippen LogP contribution >= 0.6 is 0 Å². The fraction of sp³-hybridized carbons (Fsp3) is 0.917. The lowest BCUT2D eigenvalue weighted by atomic mass is 9.92. The van der Waals surface area contributed by atoms with Crippen molar-refractivity contribution in [2.75, 3.05) is 20.1 Å². The highest BCUT2D eigenvalue weighted by molar-refractivity contribution is 5.85. The van der Waals surface area contributed by atoms with Gasteiger partial charge >= 0.3 is 0 Å². The van der Waals surface area contributed by atoms with Crippen LogP contribution < -0.4 is 5.73 Å². The van der Waals surface area contributed by atoms with Crippen LogP contribution in [-0.4, -0.2) is 36.9 Å². The van der Waals surface area contributed by atoms with Gasteiger partial charge in [0.15, 0.2) is 0 Å². The lowest BCUT2D eigenvalue weighted by molar-refractivity contribution is 0.197. The molecule has 0 aliphatic carbocycles. The van der Waals surface area contributed by atoms with E-state index < -0.39 is 0 Å². The van der Waals surface area contributed by atoms with E-state index in [1.165, 1.54) is 0 Å². The molecule has 2 atom stereocenters. The van der Waals surface area contributed by atoms with Crippen molar-refractivity contribution in [2.45, 2.75) is 40.2 Å². The van der Waals surface area contributed by atoms with Crippen molar-refractivity contribution in [3.05, 3.63) is 0 Å². The Morgan fingerprint density at radius 3 is 2.47 bits per heavy atom. The molecule has 88 valence electrons. The zero-order valence-electron chi connectivity index (χ0n) is 10.7. The predicted octanol–water partition coefficient (Wildman–Crippen LogP) is 1.73. The normalized spacial score (nSPS) is 30.6. The van der Waals surface area contributed by atoms with Crippen molar-refractivity contribution in [3.63, 3.8) is 0 Å². The second-order valence-corrected chi connectivity index (χ2v) is 5.86. The summed E-state index contributed by atoms with van der Waals surface area (Å²) < 4.78 is 0. The van der Waals surface area contributed by atoms with Gasteiger partial charge in [0, 0.05) is 12.0 Å². The van der Waals surface area contributed by atoms with Gasteiger partial charge in [0.2, 0.25) is 0 Å². The van der Waals surface area contributed by atoms with Crippen LogP contribution in [-0.2, 0) is 0 Å². The first-order chi connectivity index (χ1) is 6.80. The number of rotatable bonds is 1. The van der Waals surface area contributed by atoms with Gasteiger partial charge in [-0.1, -0.05) is 27.7 Å². The second kappa shape index (κ2) is 4.52. The average Bonchev–Trinajstić information content (AvgIpc) is 2.08. The monoisotopic (exact) mass is 211 g/mol. The number of piperidine rings is 1. The third-order valence-corrected chi connectivity index (χ3v) is 3.14. The molecular weight excluding hydrogens is 186 g/mol. The number of nitrogens with zero attached hydrogens (tertiary/aromatic N) is 2. The molecule has 0 radical (unpaired) electrons. The van der Waals surface area contributed by atoms with Crippen LogP contribution in [0.25, 0.3) is 0 Å². The van der Waals surface area contributed by atoms with Crippen LogP contribution in [0, 0.1) is 11.3 Å². The molecule has 0 saturated carbocycles. The summed E-state index contributed by atoms with van der Waals surface area (Å²) in [5, 5.41) is 0. The van der Waals surface area contributed by atoms with Crippen LogP contribution in [0.2, 0.25) is 0 Å². The first-order valence-corrected chi connectivity index (χ1v) is 5.83. The molecule has 0 aromatic heterocycles. The molecule has 1 aliphatic rings. The van der Waals surface area contributed by atoms with E-state index in [2.05, 4.69) is 39.6 Å². The minimum Gasteiger partial charge on any atom is -0.387 e. The maximum absolute atomic E-state index is 6.01. The van der Waals surface area contributed by atoms with Crippen LogP contribution in [0.15, 0.2) is 4.99 Å². The van der Waals surface area contributed by atoms with E-state index in [1.54, 1.807) is 0 Å². The number of nitrogens with two attached hydrogens (primary N) is 1. The Kier molecular flexibility index (Phi) is 3.77. The van der Waals surface area contributed by atoms with Crippen LogP contribution in [0.4, 0.5) is 0 Å². The molecule has 3 heteroatoms. The van der Waals surface area contributed by atoms with Crippen molar-refractivity contribution in [3.8, 4) is 0 Å². The highest BCUT2D eigenvalue weighted by Crippen LogP contribution is 2.21. The average molecular weight is 211 g/mol. The highest BCUT2D eigenvalue weighted by Gasteiger charge is 2.25. The van der Waals surface area contributed by atoms with E-state index in [-0.39, 0.29) is 5.41 Å². The molecule has 0 aromatic rings. The van der Waals surface area contributed by atoms with Gasteiger partial charge in [0.25, 0.3) is 0 Å². The summed E-state index contributed by atoms with van der Waals surface area (Å²) in [6, 6.07) is 0.417. The second-order valence-electron chi connectivity index (χ2n) is 5.86. The fourth-order valence-electron chi connectivity index (χ4n) is 1.91. The van der Waals surface area contributed by atoms with Gasteiger partial charge in [-0.05, 0) is 25.9 Å². The minimum absolute atomic E-state index is 0.00304. The van der Waals surface area contributed by atoms with Gasteiger partial charge in [-0.3, -0.25) is 4.99 Å². The zero-order chi connectivity index (χ0) is 11.6. The van der Waals surface area contributed by atoms with Gasteiger partial charge in [0.1, 0.15) is 0 Å². The Bertz CT molecular complexity index is 240. The number of likely N-dealkylation sites (tertiary alicyclic amines) is 1. The molecule has 0 amide bonds. The molecular formula is C12H25N3. The molecule has 1 heterocycles. The molecule has 2 unspecified atom stereocenters. The number of hydrogen-bond acceptors (Lipinski definition) is 2. The maximum Gasteiger partial charge on any atom is 0.0994 e. The lowest BCUT2D eigenvalue weighted by Gasteiger charge is -2.33. The molecule has 15 heavy (non-hydrogen) atoms. The van der Waals surface area contributed by atoms with E-state index in [0.717, 1.165) is 25.3 Å². The summed E-state index contributed by atoms with van der Waals surface area (Å²) in [5.41, 5.74) is 6.02. The summed E-state index contributed by atoms with van der Waals surface area (Å²) in [5.74, 6) is 1.41. The van der Waals surface area contributed by atoms with E-state index in [1.807, 2.05) is 0 Å². The minimum atomic E-state index is 0.00304. The van der Waals surface area contributed by atoms with Gasteiger partial charge in [-0.15, -0.1) is 0 Å².